The van der Waals surface area contributed by atoms with Crippen LogP contribution in [0.15, 0.2) is 24.3 Å². The fourth-order valence-corrected chi connectivity index (χ4v) is 1.42. The van der Waals surface area contributed by atoms with Crippen LogP contribution < -0.4 is 4.74 Å². The van der Waals surface area contributed by atoms with Gasteiger partial charge >= 0.3 is 12.1 Å². The molecule has 0 atom stereocenters. The second kappa shape index (κ2) is 7.69. The Kier molecular flexibility index (Phi) is 5.91. The van der Waals surface area contributed by atoms with Gasteiger partial charge in [-0.2, -0.15) is 0 Å². The second-order valence-electron chi connectivity index (χ2n) is 3.86. The van der Waals surface area contributed by atoms with Crippen LogP contribution in [0.1, 0.15) is 5.56 Å². The zero-order valence-electron chi connectivity index (χ0n) is 11.0. The van der Waals surface area contributed by atoms with E-state index in [2.05, 4.69) is 5.92 Å². The summed E-state index contributed by atoms with van der Waals surface area (Å²) in [5, 5.41) is 8.67. The summed E-state index contributed by atoms with van der Waals surface area (Å²) in [7, 11) is 1.55. The van der Waals surface area contributed by atoms with Gasteiger partial charge in [0.25, 0.3) is 0 Å². The minimum atomic E-state index is -1.15. The zero-order valence-corrected chi connectivity index (χ0v) is 11.0. The summed E-state index contributed by atoms with van der Waals surface area (Å²) in [4.78, 5) is 23.2. The van der Waals surface area contributed by atoms with E-state index >= 15 is 0 Å². The van der Waals surface area contributed by atoms with Gasteiger partial charge in [-0.1, -0.05) is 18.1 Å². The number of aliphatic carboxylic acids is 1. The Hall–Kier alpha value is -2.68. The quantitative estimate of drug-likeness (QED) is 0.794. The fraction of sp³-hybridized carbons (Fsp3) is 0.286. The van der Waals surface area contributed by atoms with Crippen molar-refractivity contribution in [1.29, 1.82) is 0 Å². The van der Waals surface area contributed by atoms with Gasteiger partial charge in [0.2, 0.25) is 0 Å². The summed E-state index contributed by atoms with van der Waals surface area (Å²) in [6, 6.07) is 6.96. The van der Waals surface area contributed by atoms with Gasteiger partial charge in [0, 0.05) is 0 Å². The van der Waals surface area contributed by atoms with Gasteiger partial charge in [-0.3, -0.25) is 9.69 Å². The van der Waals surface area contributed by atoms with Crippen molar-refractivity contribution in [2.24, 2.45) is 0 Å². The number of hydrogen-bond acceptors (Lipinski definition) is 4. The minimum absolute atomic E-state index is 0.0313. The van der Waals surface area contributed by atoms with E-state index in [4.69, 9.17) is 21.0 Å². The molecule has 0 heterocycles. The molecule has 6 nitrogen and oxygen atoms in total. The predicted octanol–water partition coefficient (Wildman–Crippen LogP) is 1.35. The normalized spacial score (nSPS) is 9.40. The predicted molar refractivity (Wildman–Crippen MR) is 71.2 cm³/mol. The van der Waals surface area contributed by atoms with Crippen LogP contribution >= 0.6 is 0 Å². The van der Waals surface area contributed by atoms with E-state index in [-0.39, 0.29) is 13.2 Å². The number of benzene rings is 1. The third kappa shape index (κ3) is 4.90. The number of methoxy groups -OCH3 is 1. The molecule has 0 spiro atoms. The molecule has 6 heteroatoms. The topological polar surface area (TPSA) is 76.1 Å². The molecular weight excluding hydrogens is 262 g/mol. The summed E-state index contributed by atoms with van der Waals surface area (Å²) in [5.74, 6) is 1.76. The van der Waals surface area contributed by atoms with E-state index in [1.165, 1.54) is 0 Å². The van der Waals surface area contributed by atoms with Gasteiger partial charge in [0.15, 0.2) is 0 Å². The third-order valence-electron chi connectivity index (χ3n) is 2.39. The average Bonchev–Trinajstić information content (AvgIpc) is 2.44. The van der Waals surface area contributed by atoms with Crippen molar-refractivity contribution in [3.63, 3.8) is 0 Å². The molecule has 1 aromatic carbocycles. The average molecular weight is 277 g/mol. The molecule has 20 heavy (non-hydrogen) atoms. The second-order valence-corrected chi connectivity index (χ2v) is 3.86. The fourth-order valence-electron chi connectivity index (χ4n) is 1.42. The number of carbonyl (C=O) groups is 2. The van der Waals surface area contributed by atoms with Crippen molar-refractivity contribution in [2.45, 2.75) is 6.61 Å². The summed E-state index contributed by atoms with van der Waals surface area (Å²) in [6.45, 7) is -0.580. The molecule has 0 saturated carbocycles. The van der Waals surface area contributed by atoms with Crippen LogP contribution in [0, 0.1) is 12.3 Å². The number of nitrogens with zero attached hydrogens (tertiary/aromatic N) is 1. The zero-order chi connectivity index (χ0) is 15.0. The molecule has 0 saturated heterocycles. The number of carboxylic acids is 1. The molecule has 0 aromatic heterocycles. The molecule has 0 fully saturated rings. The Morgan fingerprint density at radius 2 is 2.00 bits per heavy atom. The lowest BCUT2D eigenvalue weighted by atomic mass is 10.2. The number of ether oxygens (including phenoxy) is 2. The highest BCUT2D eigenvalue weighted by Crippen LogP contribution is 2.12. The van der Waals surface area contributed by atoms with Crippen LogP contribution in [0.4, 0.5) is 4.79 Å². The van der Waals surface area contributed by atoms with Crippen molar-refractivity contribution < 1.29 is 24.2 Å². The molecule has 0 aliphatic carbocycles. The molecule has 1 aromatic rings. The third-order valence-corrected chi connectivity index (χ3v) is 2.39. The number of carboxylic acid groups (broad SMARTS) is 1. The minimum Gasteiger partial charge on any atom is -0.497 e. The Labute approximate surface area is 116 Å². The van der Waals surface area contributed by atoms with E-state index in [1.807, 2.05) is 0 Å². The standard InChI is InChI=1S/C14H15NO5/c1-3-8-15(9-13(16)17)14(18)20-10-11-4-6-12(19-2)7-5-11/h1,4-7H,8-10H2,2H3,(H,16,17). The smallest absolute Gasteiger partial charge is 0.411 e. The van der Waals surface area contributed by atoms with Crippen LogP contribution in [0.2, 0.25) is 0 Å². The van der Waals surface area contributed by atoms with Gasteiger partial charge in [-0.15, -0.1) is 6.42 Å². The van der Waals surface area contributed by atoms with Gasteiger partial charge in [0.1, 0.15) is 18.9 Å². The summed E-state index contributed by atoms with van der Waals surface area (Å²) >= 11 is 0. The van der Waals surface area contributed by atoms with Crippen molar-refractivity contribution in [3.8, 4) is 18.1 Å². The van der Waals surface area contributed by atoms with Gasteiger partial charge in [-0.05, 0) is 17.7 Å². The maximum atomic E-state index is 11.7. The molecule has 0 aliphatic rings. The molecule has 1 rings (SSSR count). The van der Waals surface area contributed by atoms with Crippen LogP contribution in [-0.4, -0.2) is 42.3 Å². The first-order valence-electron chi connectivity index (χ1n) is 5.76. The maximum absolute atomic E-state index is 11.7. The molecule has 1 N–H and O–H groups in total. The number of carbonyl (C=O) groups excluding carboxylic acids is 1. The number of amides is 1. The van der Waals surface area contributed by atoms with Crippen LogP contribution in [0.5, 0.6) is 5.75 Å². The molecule has 0 aliphatic heterocycles. The number of rotatable bonds is 6. The van der Waals surface area contributed by atoms with E-state index in [0.717, 1.165) is 10.5 Å². The largest absolute Gasteiger partial charge is 0.497 e. The lowest BCUT2D eigenvalue weighted by Gasteiger charge is -2.17. The lowest BCUT2D eigenvalue weighted by molar-refractivity contribution is -0.137. The molecule has 0 unspecified atom stereocenters. The van der Waals surface area contributed by atoms with Crippen molar-refractivity contribution in [2.75, 3.05) is 20.2 Å². The SMILES string of the molecule is C#CCN(CC(=O)O)C(=O)OCc1ccc(OC)cc1. The van der Waals surface area contributed by atoms with Crippen molar-refractivity contribution in [1.82, 2.24) is 4.90 Å². The maximum Gasteiger partial charge on any atom is 0.411 e. The van der Waals surface area contributed by atoms with Gasteiger partial charge in [-0.25, -0.2) is 4.79 Å². The van der Waals surface area contributed by atoms with Crippen molar-refractivity contribution in [3.05, 3.63) is 29.8 Å². The van der Waals surface area contributed by atoms with Gasteiger partial charge < -0.3 is 14.6 Å². The molecule has 106 valence electrons. The van der Waals surface area contributed by atoms with Crippen LogP contribution in [0.25, 0.3) is 0 Å². The Morgan fingerprint density at radius 3 is 2.50 bits per heavy atom. The van der Waals surface area contributed by atoms with Crippen molar-refractivity contribution >= 4 is 12.1 Å². The first-order valence-corrected chi connectivity index (χ1v) is 5.76. The summed E-state index contributed by atoms with van der Waals surface area (Å²) in [5.41, 5.74) is 0.759. The molecule has 1 amide bonds. The Morgan fingerprint density at radius 1 is 1.35 bits per heavy atom. The van der Waals surface area contributed by atoms with Gasteiger partial charge in [0.05, 0.1) is 13.7 Å². The highest BCUT2D eigenvalue weighted by atomic mass is 16.6. The molecule has 0 bridgehead atoms. The van der Waals surface area contributed by atoms with E-state index < -0.39 is 18.6 Å². The highest BCUT2D eigenvalue weighted by Gasteiger charge is 2.17. The first-order chi connectivity index (χ1) is 9.56. The highest BCUT2D eigenvalue weighted by molar-refractivity contribution is 5.76. The lowest BCUT2D eigenvalue weighted by Crippen LogP contribution is -2.36. The van der Waals surface area contributed by atoms with E-state index in [1.54, 1.807) is 31.4 Å². The Bertz CT molecular complexity index is 503. The monoisotopic (exact) mass is 277 g/mol. The molecular formula is C14H15NO5. The molecule has 0 radical (unpaired) electrons. The van der Waals surface area contributed by atoms with Crippen LogP contribution in [-0.2, 0) is 16.1 Å². The Balaban J connectivity index is 2.55. The number of terminal acetylenes is 1. The summed E-state index contributed by atoms with van der Waals surface area (Å²) < 4.78 is 10.0. The van der Waals surface area contributed by atoms with E-state index in [9.17, 15) is 9.59 Å². The number of hydrogen-bond donors (Lipinski definition) is 1. The van der Waals surface area contributed by atoms with E-state index in [0.29, 0.717) is 5.75 Å². The van der Waals surface area contributed by atoms with Crippen LogP contribution in [0.3, 0.4) is 0 Å². The summed E-state index contributed by atoms with van der Waals surface area (Å²) in [6.07, 6.45) is 4.31. The first kappa shape index (κ1) is 15.4.